The zero-order chi connectivity index (χ0) is 9.87. The molecule has 1 unspecified atom stereocenters. The van der Waals surface area contributed by atoms with E-state index < -0.39 is 0 Å². The molecule has 0 bridgehead atoms. The van der Waals surface area contributed by atoms with Crippen LogP contribution in [0.5, 0.6) is 0 Å². The smallest absolute Gasteiger partial charge is 0.106 e. The second-order valence-corrected chi connectivity index (χ2v) is 5.11. The van der Waals surface area contributed by atoms with E-state index in [1.165, 1.54) is 18.7 Å². The zero-order valence-corrected chi connectivity index (χ0v) is 9.10. The van der Waals surface area contributed by atoms with E-state index in [1.54, 1.807) is 7.11 Å². The normalized spacial score (nSPS) is 47.6. The number of hydrogen-bond acceptors (Lipinski definition) is 3. The Balaban J connectivity index is 1.85. The summed E-state index contributed by atoms with van der Waals surface area (Å²) in [6, 6.07) is 1.27. The third-order valence-corrected chi connectivity index (χ3v) is 4.28. The number of oxime groups is 1. The Hall–Kier alpha value is -0.570. The lowest BCUT2D eigenvalue weighted by Crippen LogP contribution is -2.62. The molecule has 0 aromatic carbocycles. The molecule has 0 radical (unpaired) electrons. The molecule has 0 aromatic rings. The fourth-order valence-electron chi connectivity index (χ4n) is 3.60. The molecule has 0 aromatic heterocycles. The first-order valence-electron chi connectivity index (χ1n) is 5.60. The summed E-state index contributed by atoms with van der Waals surface area (Å²) in [6.07, 6.45) is 1.35. The summed E-state index contributed by atoms with van der Waals surface area (Å²) < 4.78 is 0. The van der Waals surface area contributed by atoms with Gasteiger partial charge in [0.05, 0.1) is 11.8 Å². The molecule has 2 aliphatic carbocycles. The highest BCUT2D eigenvalue weighted by atomic mass is 16.6. The Morgan fingerprint density at radius 3 is 2.93 bits per heavy atom. The Morgan fingerprint density at radius 2 is 2.29 bits per heavy atom. The highest BCUT2D eigenvalue weighted by molar-refractivity contribution is 6.00. The highest BCUT2D eigenvalue weighted by Crippen LogP contribution is 2.59. The molecule has 1 aliphatic heterocycles. The van der Waals surface area contributed by atoms with Crippen LogP contribution in [0.2, 0.25) is 0 Å². The van der Waals surface area contributed by atoms with Crippen molar-refractivity contribution >= 4 is 5.71 Å². The van der Waals surface area contributed by atoms with Gasteiger partial charge >= 0.3 is 0 Å². The van der Waals surface area contributed by atoms with Crippen LogP contribution < -0.4 is 0 Å². The third-order valence-electron chi connectivity index (χ3n) is 4.28. The molecule has 0 spiro atoms. The molecule has 1 heterocycles. The minimum absolute atomic E-state index is 0.624. The molecule has 1 saturated heterocycles. The van der Waals surface area contributed by atoms with Gasteiger partial charge < -0.3 is 4.84 Å². The van der Waals surface area contributed by atoms with Gasteiger partial charge in [-0.3, -0.25) is 4.90 Å². The molecule has 2 saturated carbocycles. The fraction of sp³-hybridized carbons (Fsp3) is 0.909. The van der Waals surface area contributed by atoms with E-state index >= 15 is 0 Å². The van der Waals surface area contributed by atoms with Crippen molar-refractivity contribution in [2.24, 2.45) is 22.9 Å². The predicted molar refractivity (Wildman–Crippen MR) is 55.2 cm³/mol. The standard InChI is InChI=1S/C11H18N2O/c1-6(2)13-5-7-4-8-9(7)11(13)10(8)12-14-3/h6-9,11H,4-5H2,1-3H3/b12-10+/t7-,8?,9+,11+/m1/s1. The largest absolute Gasteiger partial charge is 0.399 e. The predicted octanol–water partition coefficient (Wildman–Crippen LogP) is 1.35. The van der Waals surface area contributed by atoms with Gasteiger partial charge in [-0.1, -0.05) is 5.16 Å². The van der Waals surface area contributed by atoms with Crippen LogP contribution in [0.1, 0.15) is 20.3 Å². The van der Waals surface area contributed by atoms with Crippen LogP contribution >= 0.6 is 0 Å². The SMILES string of the molecule is CO/N=C1\C2C[C@@H]3CN(C(C)C)[C@H]1[C@H]23. The monoisotopic (exact) mass is 194 g/mol. The molecule has 3 nitrogen and oxygen atoms in total. The van der Waals surface area contributed by atoms with Gasteiger partial charge in [-0.15, -0.1) is 0 Å². The Kier molecular flexibility index (Phi) is 1.69. The number of hydrogen-bond donors (Lipinski definition) is 0. The van der Waals surface area contributed by atoms with Crippen LogP contribution in [0.15, 0.2) is 5.16 Å². The van der Waals surface area contributed by atoms with Crippen molar-refractivity contribution in [3.05, 3.63) is 0 Å². The van der Waals surface area contributed by atoms with Crippen molar-refractivity contribution in [1.29, 1.82) is 0 Å². The second-order valence-electron chi connectivity index (χ2n) is 5.11. The van der Waals surface area contributed by atoms with Gasteiger partial charge in [0, 0.05) is 18.5 Å². The first-order valence-corrected chi connectivity index (χ1v) is 5.60. The van der Waals surface area contributed by atoms with Gasteiger partial charge in [0.15, 0.2) is 0 Å². The summed E-state index contributed by atoms with van der Waals surface area (Å²) in [4.78, 5) is 7.53. The van der Waals surface area contributed by atoms with E-state index in [1.807, 2.05) is 0 Å². The topological polar surface area (TPSA) is 24.8 Å². The quantitative estimate of drug-likeness (QED) is 0.620. The van der Waals surface area contributed by atoms with Gasteiger partial charge in [-0.2, -0.15) is 0 Å². The molecule has 3 fully saturated rings. The molecule has 0 amide bonds. The fourth-order valence-corrected chi connectivity index (χ4v) is 3.60. The Bertz CT molecular complexity index is 287. The zero-order valence-electron chi connectivity index (χ0n) is 9.10. The molecule has 0 N–H and O–H groups in total. The maximum atomic E-state index is 4.94. The molecule has 14 heavy (non-hydrogen) atoms. The average molecular weight is 194 g/mol. The van der Waals surface area contributed by atoms with Gasteiger partial charge in [0.25, 0.3) is 0 Å². The Labute approximate surface area is 85.1 Å². The summed E-state index contributed by atoms with van der Waals surface area (Å²) in [5.74, 6) is 2.66. The summed E-state index contributed by atoms with van der Waals surface area (Å²) in [6.45, 7) is 5.84. The number of nitrogens with zero attached hydrogens (tertiary/aromatic N) is 2. The van der Waals surface area contributed by atoms with Crippen molar-refractivity contribution in [2.45, 2.75) is 32.4 Å². The van der Waals surface area contributed by atoms with Crippen molar-refractivity contribution in [3.8, 4) is 0 Å². The van der Waals surface area contributed by atoms with Crippen molar-refractivity contribution in [2.75, 3.05) is 13.7 Å². The molecular weight excluding hydrogens is 176 g/mol. The van der Waals surface area contributed by atoms with Crippen LogP contribution in [-0.4, -0.2) is 36.3 Å². The lowest BCUT2D eigenvalue weighted by molar-refractivity contribution is 0.0896. The van der Waals surface area contributed by atoms with E-state index in [-0.39, 0.29) is 0 Å². The van der Waals surface area contributed by atoms with Crippen LogP contribution in [0.4, 0.5) is 0 Å². The lowest BCUT2D eigenvalue weighted by atomic mass is 9.52. The summed E-state index contributed by atoms with van der Waals surface area (Å²) in [7, 11) is 1.66. The van der Waals surface area contributed by atoms with E-state index in [2.05, 4.69) is 23.9 Å². The lowest BCUT2D eigenvalue weighted by Gasteiger charge is -2.53. The van der Waals surface area contributed by atoms with Gasteiger partial charge in [0.1, 0.15) is 7.11 Å². The van der Waals surface area contributed by atoms with Crippen LogP contribution in [0, 0.1) is 17.8 Å². The molecule has 3 heteroatoms. The number of rotatable bonds is 2. The molecule has 3 rings (SSSR count). The van der Waals surface area contributed by atoms with E-state index in [9.17, 15) is 0 Å². The minimum Gasteiger partial charge on any atom is -0.399 e. The first-order chi connectivity index (χ1) is 6.74. The second kappa shape index (κ2) is 2.72. The van der Waals surface area contributed by atoms with E-state index in [0.717, 1.165) is 17.8 Å². The number of likely N-dealkylation sites (tertiary alicyclic amines) is 1. The van der Waals surface area contributed by atoms with E-state index in [4.69, 9.17) is 4.84 Å². The summed E-state index contributed by atoms with van der Waals surface area (Å²) >= 11 is 0. The van der Waals surface area contributed by atoms with Crippen molar-refractivity contribution in [3.63, 3.8) is 0 Å². The molecular formula is C11H18N2O. The van der Waals surface area contributed by atoms with Crippen LogP contribution in [0.3, 0.4) is 0 Å². The summed E-state index contributed by atoms with van der Waals surface area (Å²) in [5, 5.41) is 4.20. The molecule has 3 aliphatic rings. The van der Waals surface area contributed by atoms with Gasteiger partial charge in [-0.05, 0) is 32.1 Å². The van der Waals surface area contributed by atoms with Crippen LogP contribution in [-0.2, 0) is 4.84 Å². The summed E-state index contributed by atoms with van der Waals surface area (Å²) in [5.41, 5.74) is 1.32. The van der Waals surface area contributed by atoms with Crippen molar-refractivity contribution < 1.29 is 4.84 Å². The highest BCUT2D eigenvalue weighted by Gasteiger charge is 2.65. The average Bonchev–Trinajstić information content (AvgIpc) is 2.27. The molecule has 4 atom stereocenters. The first kappa shape index (κ1) is 8.72. The third kappa shape index (κ3) is 0.842. The maximum absolute atomic E-state index is 4.94. The van der Waals surface area contributed by atoms with Gasteiger partial charge in [-0.25, -0.2) is 0 Å². The Morgan fingerprint density at radius 1 is 1.50 bits per heavy atom. The van der Waals surface area contributed by atoms with E-state index in [0.29, 0.717) is 12.1 Å². The van der Waals surface area contributed by atoms with Crippen LogP contribution in [0.25, 0.3) is 0 Å². The maximum Gasteiger partial charge on any atom is 0.106 e. The van der Waals surface area contributed by atoms with Crippen molar-refractivity contribution in [1.82, 2.24) is 4.90 Å². The molecule has 78 valence electrons. The van der Waals surface area contributed by atoms with Gasteiger partial charge in [0.2, 0.25) is 0 Å². The minimum atomic E-state index is 0.624.